The van der Waals surface area contributed by atoms with Gasteiger partial charge in [0.25, 0.3) is 0 Å². The van der Waals surface area contributed by atoms with Crippen molar-refractivity contribution in [1.82, 2.24) is 9.80 Å². The maximum Gasteiger partial charge on any atom is 0.127 e. The van der Waals surface area contributed by atoms with Gasteiger partial charge in [-0.2, -0.15) is 0 Å². The molecule has 5 heteroatoms. The topological polar surface area (TPSA) is 45.2 Å². The summed E-state index contributed by atoms with van der Waals surface area (Å²) < 4.78 is 11.4. The number of rotatable bonds is 8. The summed E-state index contributed by atoms with van der Waals surface area (Å²) in [5.41, 5.74) is 1.04. The third-order valence-corrected chi connectivity index (χ3v) is 4.42. The first-order chi connectivity index (χ1) is 11.2. The second-order valence-electron chi connectivity index (χ2n) is 5.73. The summed E-state index contributed by atoms with van der Waals surface area (Å²) in [5.74, 6) is 1.63. The minimum atomic E-state index is -0.0220. The molecule has 0 aromatic heterocycles. The molecule has 23 heavy (non-hydrogen) atoms. The second-order valence-corrected chi connectivity index (χ2v) is 5.73. The molecule has 0 amide bonds. The lowest BCUT2D eigenvalue weighted by molar-refractivity contribution is 0.0657. The molecule has 1 aromatic rings. The Morgan fingerprint density at radius 1 is 1.04 bits per heavy atom. The van der Waals surface area contributed by atoms with E-state index in [-0.39, 0.29) is 12.6 Å². The summed E-state index contributed by atoms with van der Waals surface area (Å²) in [6.07, 6.45) is 0. The molecule has 1 atom stereocenters. The lowest BCUT2D eigenvalue weighted by Gasteiger charge is -2.38. The molecule has 1 saturated heterocycles. The number of aliphatic hydroxyl groups is 1. The van der Waals surface area contributed by atoms with Crippen LogP contribution in [0.25, 0.3) is 0 Å². The Kier molecular flexibility index (Phi) is 7.15. The lowest BCUT2D eigenvalue weighted by atomic mass is 10.0. The van der Waals surface area contributed by atoms with Gasteiger partial charge in [-0.05, 0) is 32.5 Å². The smallest absolute Gasteiger partial charge is 0.127 e. The molecule has 1 fully saturated rings. The Morgan fingerprint density at radius 2 is 1.74 bits per heavy atom. The predicted molar refractivity (Wildman–Crippen MR) is 92.3 cm³/mol. The highest BCUT2D eigenvalue weighted by Crippen LogP contribution is 2.33. The standard InChI is InChI=1S/C18H30N2O3/c1-4-19-9-11-20(12-10-19)17(14-21)16-8-7-15(22-5-2)13-18(16)23-6-3/h7-8,13,17,21H,4-6,9-12,14H2,1-3H3. The van der Waals surface area contributed by atoms with Gasteiger partial charge in [-0.1, -0.05) is 6.92 Å². The van der Waals surface area contributed by atoms with Crippen molar-refractivity contribution < 1.29 is 14.6 Å². The first-order valence-corrected chi connectivity index (χ1v) is 8.70. The van der Waals surface area contributed by atoms with Gasteiger partial charge in [0.15, 0.2) is 0 Å². The maximum atomic E-state index is 9.98. The van der Waals surface area contributed by atoms with Gasteiger partial charge in [0.1, 0.15) is 11.5 Å². The van der Waals surface area contributed by atoms with Crippen molar-refractivity contribution in [2.45, 2.75) is 26.8 Å². The van der Waals surface area contributed by atoms with E-state index in [1.807, 2.05) is 32.0 Å². The van der Waals surface area contributed by atoms with E-state index in [0.717, 1.165) is 49.8 Å². The number of benzene rings is 1. The highest BCUT2D eigenvalue weighted by Gasteiger charge is 2.26. The van der Waals surface area contributed by atoms with Gasteiger partial charge >= 0.3 is 0 Å². The van der Waals surface area contributed by atoms with Crippen LogP contribution in [0.3, 0.4) is 0 Å². The van der Waals surface area contributed by atoms with Crippen LogP contribution in [-0.2, 0) is 0 Å². The van der Waals surface area contributed by atoms with Gasteiger partial charge in [0.2, 0.25) is 0 Å². The quantitative estimate of drug-likeness (QED) is 0.794. The number of nitrogens with zero attached hydrogens (tertiary/aromatic N) is 2. The molecule has 0 aliphatic carbocycles. The molecule has 1 aliphatic rings. The molecule has 130 valence electrons. The SMILES string of the molecule is CCOc1ccc(C(CO)N2CCN(CC)CC2)c(OCC)c1. The first kappa shape index (κ1) is 18.0. The Balaban J connectivity index is 2.19. The third kappa shape index (κ3) is 4.59. The number of hydrogen-bond donors (Lipinski definition) is 1. The Hall–Kier alpha value is -1.30. The van der Waals surface area contributed by atoms with Crippen molar-refractivity contribution >= 4 is 0 Å². The molecule has 1 aliphatic heterocycles. The molecule has 5 nitrogen and oxygen atoms in total. The van der Waals surface area contributed by atoms with Crippen LogP contribution in [0, 0.1) is 0 Å². The molecular weight excluding hydrogens is 292 g/mol. The molecule has 0 saturated carbocycles. The molecule has 0 bridgehead atoms. The lowest BCUT2D eigenvalue weighted by Crippen LogP contribution is -2.48. The van der Waals surface area contributed by atoms with E-state index in [0.29, 0.717) is 13.2 Å². The van der Waals surface area contributed by atoms with Crippen LogP contribution in [0.2, 0.25) is 0 Å². The average Bonchev–Trinajstić information content (AvgIpc) is 2.58. The fourth-order valence-corrected chi connectivity index (χ4v) is 3.13. The number of piperazine rings is 1. The van der Waals surface area contributed by atoms with Crippen LogP contribution in [0.4, 0.5) is 0 Å². The fraction of sp³-hybridized carbons (Fsp3) is 0.667. The van der Waals surface area contributed by atoms with Gasteiger partial charge in [0.05, 0.1) is 25.9 Å². The summed E-state index contributed by atoms with van der Waals surface area (Å²) in [5, 5.41) is 9.98. The van der Waals surface area contributed by atoms with Gasteiger partial charge < -0.3 is 19.5 Å². The minimum absolute atomic E-state index is 0.0220. The van der Waals surface area contributed by atoms with Crippen molar-refractivity contribution in [3.8, 4) is 11.5 Å². The van der Waals surface area contributed by atoms with Crippen molar-refractivity contribution in [2.24, 2.45) is 0 Å². The summed E-state index contributed by atoms with van der Waals surface area (Å²) in [6.45, 7) is 12.6. The number of aliphatic hydroxyl groups excluding tert-OH is 1. The highest BCUT2D eigenvalue weighted by atomic mass is 16.5. The number of ether oxygens (including phenoxy) is 2. The van der Waals surface area contributed by atoms with E-state index in [1.54, 1.807) is 0 Å². The van der Waals surface area contributed by atoms with E-state index in [2.05, 4.69) is 16.7 Å². The van der Waals surface area contributed by atoms with Crippen LogP contribution in [0.1, 0.15) is 32.4 Å². The Morgan fingerprint density at radius 3 is 2.30 bits per heavy atom. The zero-order chi connectivity index (χ0) is 16.7. The summed E-state index contributed by atoms with van der Waals surface area (Å²) in [4.78, 5) is 4.79. The number of likely N-dealkylation sites (N-methyl/N-ethyl adjacent to an activating group) is 1. The molecule has 0 radical (unpaired) electrons. The van der Waals surface area contributed by atoms with Crippen LogP contribution in [-0.4, -0.2) is 67.5 Å². The van der Waals surface area contributed by atoms with Crippen LogP contribution in [0.15, 0.2) is 18.2 Å². The zero-order valence-electron chi connectivity index (χ0n) is 14.6. The Labute approximate surface area is 139 Å². The molecular formula is C18H30N2O3. The first-order valence-electron chi connectivity index (χ1n) is 8.70. The summed E-state index contributed by atoms with van der Waals surface area (Å²) in [7, 11) is 0. The van der Waals surface area contributed by atoms with Crippen molar-refractivity contribution in [3.05, 3.63) is 23.8 Å². The van der Waals surface area contributed by atoms with E-state index >= 15 is 0 Å². The monoisotopic (exact) mass is 322 g/mol. The molecule has 0 spiro atoms. The van der Waals surface area contributed by atoms with Crippen molar-refractivity contribution in [1.29, 1.82) is 0 Å². The molecule has 1 heterocycles. The van der Waals surface area contributed by atoms with Gasteiger partial charge in [-0.25, -0.2) is 0 Å². The zero-order valence-corrected chi connectivity index (χ0v) is 14.6. The summed E-state index contributed by atoms with van der Waals surface area (Å²) in [6, 6.07) is 5.91. The van der Waals surface area contributed by atoms with Gasteiger partial charge in [0, 0.05) is 37.8 Å². The van der Waals surface area contributed by atoms with Gasteiger partial charge in [-0.15, -0.1) is 0 Å². The van der Waals surface area contributed by atoms with E-state index in [4.69, 9.17) is 9.47 Å². The Bertz CT molecular complexity index is 473. The number of hydrogen-bond acceptors (Lipinski definition) is 5. The van der Waals surface area contributed by atoms with Crippen LogP contribution < -0.4 is 9.47 Å². The molecule has 2 rings (SSSR count). The van der Waals surface area contributed by atoms with E-state index in [9.17, 15) is 5.11 Å². The highest BCUT2D eigenvalue weighted by molar-refractivity contribution is 5.42. The minimum Gasteiger partial charge on any atom is -0.494 e. The molecule has 1 aromatic carbocycles. The summed E-state index contributed by atoms with van der Waals surface area (Å²) >= 11 is 0. The molecule has 1 N–H and O–H groups in total. The van der Waals surface area contributed by atoms with Crippen LogP contribution in [0.5, 0.6) is 11.5 Å². The van der Waals surface area contributed by atoms with Gasteiger partial charge in [-0.3, -0.25) is 4.90 Å². The van der Waals surface area contributed by atoms with Crippen molar-refractivity contribution in [2.75, 3.05) is 52.5 Å². The predicted octanol–water partition coefficient (Wildman–Crippen LogP) is 2.15. The van der Waals surface area contributed by atoms with Crippen molar-refractivity contribution in [3.63, 3.8) is 0 Å². The third-order valence-electron chi connectivity index (χ3n) is 4.42. The average molecular weight is 322 g/mol. The van der Waals surface area contributed by atoms with Crippen LogP contribution >= 0.6 is 0 Å². The fourth-order valence-electron chi connectivity index (χ4n) is 3.13. The largest absolute Gasteiger partial charge is 0.494 e. The molecule has 1 unspecified atom stereocenters. The maximum absolute atomic E-state index is 9.98. The van der Waals surface area contributed by atoms with E-state index < -0.39 is 0 Å². The second kappa shape index (κ2) is 9.11. The normalized spacial score (nSPS) is 17.9. The van der Waals surface area contributed by atoms with E-state index in [1.165, 1.54) is 0 Å².